The lowest BCUT2D eigenvalue weighted by Crippen LogP contribution is -2.23. The van der Waals surface area contributed by atoms with Crippen molar-refractivity contribution in [1.82, 2.24) is 5.32 Å². The van der Waals surface area contributed by atoms with E-state index in [1.165, 1.54) is 5.69 Å². The zero-order valence-corrected chi connectivity index (χ0v) is 15.3. The van der Waals surface area contributed by atoms with Crippen molar-refractivity contribution in [3.05, 3.63) is 53.6 Å². The number of carbonyl (C=O) groups excluding carboxylic acids is 1. The highest BCUT2D eigenvalue weighted by molar-refractivity contribution is 5.95. The molecule has 5 nitrogen and oxygen atoms in total. The molecule has 0 unspecified atom stereocenters. The van der Waals surface area contributed by atoms with Gasteiger partial charge in [0.25, 0.3) is 5.91 Å². The fraction of sp³-hybridized carbons (Fsp3) is 0.350. The van der Waals surface area contributed by atoms with Gasteiger partial charge in [-0.25, -0.2) is 0 Å². The van der Waals surface area contributed by atoms with E-state index in [1.54, 1.807) is 32.4 Å². The number of benzene rings is 2. The first kappa shape index (κ1) is 18.6. The summed E-state index contributed by atoms with van der Waals surface area (Å²) in [7, 11) is 3.13. The van der Waals surface area contributed by atoms with Gasteiger partial charge in [-0.1, -0.05) is 12.1 Å². The summed E-state index contributed by atoms with van der Waals surface area (Å²) in [6.07, 6.45) is 0. The SMILES string of the molecule is CCN(CC)c1ccc(CNC(=O)c2cc(OC)cc(OC)c2)cc1. The molecular formula is C20H26N2O3. The molecule has 0 atom stereocenters. The van der Waals surface area contributed by atoms with Gasteiger partial charge in [-0.15, -0.1) is 0 Å². The lowest BCUT2D eigenvalue weighted by Gasteiger charge is -2.21. The molecule has 5 heteroatoms. The van der Waals surface area contributed by atoms with Crippen molar-refractivity contribution in [3.63, 3.8) is 0 Å². The van der Waals surface area contributed by atoms with Crippen molar-refractivity contribution in [2.45, 2.75) is 20.4 Å². The molecule has 0 radical (unpaired) electrons. The van der Waals surface area contributed by atoms with Crippen LogP contribution in [0.25, 0.3) is 0 Å². The number of ether oxygens (including phenoxy) is 2. The van der Waals surface area contributed by atoms with Crippen LogP contribution in [0.2, 0.25) is 0 Å². The number of hydrogen-bond acceptors (Lipinski definition) is 4. The van der Waals surface area contributed by atoms with Crippen LogP contribution in [0, 0.1) is 0 Å². The largest absolute Gasteiger partial charge is 0.497 e. The van der Waals surface area contributed by atoms with Crippen LogP contribution in [-0.2, 0) is 6.54 Å². The molecule has 0 aromatic heterocycles. The summed E-state index contributed by atoms with van der Waals surface area (Å²) in [5, 5.41) is 2.93. The Balaban J connectivity index is 2.02. The van der Waals surface area contributed by atoms with Crippen molar-refractivity contribution in [2.24, 2.45) is 0 Å². The van der Waals surface area contributed by atoms with Crippen LogP contribution in [0.1, 0.15) is 29.8 Å². The number of amides is 1. The van der Waals surface area contributed by atoms with Gasteiger partial charge in [-0.05, 0) is 43.7 Å². The van der Waals surface area contributed by atoms with E-state index in [9.17, 15) is 4.79 Å². The summed E-state index contributed by atoms with van der Waals surface area (Å²) in [4.78, 5) is 14.7. The molecule has 2 aromatic carbocycles. The maximum absolute atomic E-state index is 12.4. The standard InChI is InChI=1S/C20H26N2O3/c1-5-22(6-2)17-9-7-15(8-10-17)14-21-20(23)16-11-18(24-3)13-19(12-16)25-4/h7-13H,5-6,14H2,1-4H3,(H,21,23). The first-order valence-corrected chi connectivity index (χ1v) is 8.46. The monoisotopic (exact) mass is 342 g/mol. The van der Waals surface area contributed by atoms with Crippen molar-refractivity contribution < 1.29 is 14.3 Å². The first-order chi connectivity index (χ1) is 12.1. The molecule has 0 aliphatic carbocycles. The molecule has 1 N–H and O–H groups in total. The Bertz CT molecular complexity index is 672. The number of nitrogens with zero attached hydrogens (tertiary/aromatic N) is 1. The van der Waals surface area contributed by atoms with Crippen LogP contribution in [0.4, 0.5) is 5.69 Å². The van der Waals surface area contributed by atoms with Gasteiger partial charge in [0.2, 0.25) is 0 Å². The predicted molar refractivity (Wildman–Crippen MR) is 101 cm³/mol. The Morgan fingerprint density at radius 1 is 0.960 bits per heavy atom. The maximum Gasteiger partial charge on any atom is 0.251 e. The quantitative estimate of drug-likeness (QED) is 0.798. The third kappa shape index (κ3) is 4.89. The number of rotatable bonds is 8. The van der Waals surface area contributed by atoms with E-state index in [0.717, 1.165) is 18.7 Å². The minimum atomic E-state index is -0.162. The van der Waals surface area contributed by atoms with Crippen LogP contribution < -0.4 is 19.7 Å². The molecule has 2 aromatic rings. The number of anilines is 1. The average molecular weight is 342 g/mol. The number of carbonyl (C=O) groups is 1. The van der Waals surface area contributed by atoms with Gasteiger partial charge >= 0.3 is 0 Å². The van der Waals surface area contributed by atoms with Crippen molar-refractivity contribution >= 4 is 11.6 Å². The summed E-state index contributed by atoms with van der Waals surface area (Å²) in [5.74, 6) is 1.02. The lowest BCUT2D eigenvalue weighted by molar-refractivity contribution is 0.0950. The van der Waals surface area contributed by atoms with E-state index < -0.39 is 0 Å². The number of nitrogens with one attached hydrogen (secondary N) is 1. The molecule has 25 heavy (non-hydrogen) atoms. The molecule has 2 rings (SSSR count). The summed E-state index contributed by atoms with van der Waals surface area (Å²) in [6.45, 7) is 6.70. The Kier molecular flexibility index (Phi) is 6.69. The van der Waals surface area contributed by atoms with Crippen molar-refractivity contribution in [3.8, 4) is 11.5 Å². The normalized spacial score (nSPS) is 10.2. The smallest absolute Gasteiger partial charge is 0.251 e. The van der Waals surface area contributed by atoms with Crippen LogP contribution >= 0.6 is 0 Å². The fourth-order valence-electron chi connectivity index (χ4n) is 2.64. The van der Waals surface area contributed by atoms with E-state index in [1.807, 2.05) is 12.1 Å². The second-order valence-electron chi connectivity index (χ2n) is 5.62. The summed E-state index contributed by atoms with van der Waals surface area (Å²) in [6, 6.07) is 13.4. The Morgan fingerprint density at radius 2 is 1.52 bits per heavy atom. The molecular weight excluding hydrogens is 316 g/mol. The topological polar surface area (TPSA) is 50.8 Å². The highest BCUT2D eigenvalue weighted by atomic mass is 16.5. The molecule has 0 aliphatic heterocycles. The maximum atomic E-state index is 12.4. The molecule has 0 saturated heterocycles. The van der Waals surface area contributed by atoms with Gasteiger partial charge < -0.3 is 19.7 Å². The van der Waals surface area contributed by atoms with Gasteiger partial charge in [0.15, 0.2) is 0 Å². The minimum Gasteiger partial charge on any atom is -0.497 e. The number of hydrogen-bond donors (Lipinski definition) is 1. The molecule has 0 bridgehead atoms. The van der Waals surface area contributed by atoms with Crippen LogP contribution in [0.15, 0.2) is 42.5 Å². The van der Waals surface area contributed by atoms with Crippen LogP contribution in [0.5, 0.6) is 11.5 Å². The Labute approximate surface area is 149 Å². The first-order valence-electron chi connectivity index (χ1n) is 8.46. The summed E-state index contributed by atoms with van der Waals surface area (Å²) < 4.78 is 10.4. The van der Waals surface area contributed by atoms with E-state index >= 15 is 0 Å². The van der Waals surface area contributed by atoms with Crippen LogP contribution in [-0.4, -0.2) is 33.2 Å². The minimum absolute atomic E-state index is 0.162. The molecule has 0 aliphatic rings. The fourth-order valence-corrected chi connectivity index (χ4v) is 2.64. The zero-order valence-electron chi connectivity index (χ0n) is 15.3. The molecule has 0 fully saturated rings. The van der Waals surface area contributed by atoms with Crippen molar-refractivity contribution in [1.29, 1.82) is 0 Å². The lowest BCUT2D eigenvalue weighted by atomic mass is 10.1. The van der Waals surface area contributed by atoms with Gasteiger partial charge in [0.1, 0.15) is 11.5 Å². The van der Waals surface area contributed by atoms with Crippen molar-refractivity contribution in [2.75, 3.05) is 32.2 Å². The summed E-state index contributed by atoms with van der Waals surface area (Å²) >= 11 is 0. The molecule has 134 valence electrons. The molecule has 0 heterocycles. The molecule has 1 amide bonds. The van der Waals surface area contributed by atoms with E-state index in [2.05, 4.69) is 36.2 Å². The third-order valence-electron chi connectivity index (χ3n) is 4.13. The predicted octanol–water partition coefficient (Wildman–Crippen LogP) is 3.48. The van der Waals surface area contributed by atoms with Gasteiger partial charge in [0, 0.05) is 37.0 Å². The van der Waals surface area contributed by atoms with Gasteiger partial charge in [-0.2, -0.15) is 0 Å². The molecule has 0 spiro atoms. The highest BCUT2D eigenvalue weighted by Crippen LogP contribution is 2.22. The van der Waals surface area contributed by atoms with Gasteiger partial charge in [-0.3, -0.25) is 4.79 Å². The van der Waals surface area contributed by atoms with E-state index in [-0.39, 0.29) is 5.91 Å². The second kappa shape index (κ2) is 8.97. The second-order valence-corrected chi connectivity index (χ2v) is 5.62. The van der Waals surface area contributed by atoms with E-state index in [4.69, 9.17) is 9.47 Å². The Hall–Kier alpha value is -2.69. The Morgan fingerprint density at radius 3 is 2.00 bits per heavy atom. The summed E-state index contributed by atoms with van der Waals surface area (Å²) in [5.41, 5.74) is 2.76. The highest BCUT2D eigenvalue weighted by Gasteiger charge is 2.10. The van der Waals surface area contributed by atoms with E-state index in [0.29, 0.717) is 23.6 Å². The van der Waals surface area contributed by atoms with Gasteiger partial charge in [0.05, 0.1) is 14.2 Å². The zero-order chi connectivity index (χ0) is 18.2. The average Bonchev–Trinajstić information content (AvgIpc) is 2.67. The third-order valence-corrected chi connectivity index (χ3v) is 4.13. The van der Waals surface area contributed by atoms with Crippen LogP contribution in [0.3, 0.4) is 0 Å². The number of methoxy groups -OCH3 is 2. The molecule has 0 saturated carbocycles.